The molecule has 3 nitrogen and oxygen atoms in total. The molecule has 0 bridgehead atoms. The van der Waals surface area contributed by atoms with Crippen LogP contribution in [0.5, 0.6) is 0 Å². The molecule has 4 heteroatoms. The van der Waals surface area contributed by atoms with Crippen LogP contribution in [0.15, 0.2) is 68.3 Å². The molecule has 104 valence electrons. The fraction of sp³-hybridized carbons (Fsp3) is 0.0588. The van der Waals surface area contributed by atoms with Gasteiger partial charge in [0.05, 0.1) is 11.8 Å². The maximum atomic E-state index is 11.8. The van der Waals surface area contributed by atoms with Crippen LogP contribution in [0.1, 0.15) is 5.56 Å². The first kappa shape index (κ1) is 13.8. The first-order valence-corrected chi connectivity index (χ1v) is 7.27. The minimum atomic E-state index is -0.402. The lowest BCUT2D eigenvalue weighted by Crippen LogP contribution is -2.02. The van der Waals surface area contributed by atoms with Crippen molar-refractivity contribution in [2.75, 3.05) is 0 Å². The van der Waals surface area contributed by atoms with Gasteiger partial charge in [-0.2, -0.15) is 0 Å². The number of rotatable bonds is 2. The molecule has 1 heterocycles. The second-order valence-electron chi connectivity index (χ2n) is 4.69. The van der Waals surface area contributed by atoms with Gasteiger partial charge in [-0.05, 0) is 30.7 Å². The smallest absolute Gasteiger partial charge is 0.339 e. The van der Waals surface area contributed by atoms with Gasteiger partial charge in [0.2, 0.25) is 5.89 Å². The summed E-state index contributed by atoms with van der Waals surface area (Å²) in [6, 6.07) is 16.8. The van der Waals surface area contributed by atoms with Crippen LogP contribution >= 0.6 is 15.9 Å². The highest BCUT2D eigenvalue weighted by atomic mass is 79.9. The summed E-state index contributed by atoms with van der Waals surface area (Å²) in [5.41, 5.74) is 2.92. The van der Waals surface area contributed by atoms with E-state index < -0.39 is 5.63 Å². The third-order valence-corrected chi connectivity index (χ3v) is 3.72. The van der Waals surface area contributed by atoms with Crippen molar-refractivity contribution >= 4 is 15.9 Å². The van der Waals surface area contributed by atoms with Crippen molar-refractivity contribution in [3.8, 4) is 22.7 Å². The molecule has 0 fully saturated rings. The molecule has 0 aliphatic carbocycles. The van der Waals surface area contributed by atoms with Crippen molar-refractivity contribution in [2.24, 2.45) is 0 Å². The summed E-state index contributed by atoms with van der Waals surface area (Å²) < 4.78 is 6.23. The van der Waals surface area contributed by atoms with E-state index in [1.165, 1.54) is 6.07 Å². The zero-order valence-corrected chi connectivity index (χ0v) is 12.9. The van der Waals surface area contributed by atoms with E-state index in [1.807, 2.05) is 55.5 Å². The molecule has 2 aromatic carbocycles. The number of hydrogen-bond donors (Lipinski definition) is 0. The summed E-state index contributed by atoms with van der Waals surface area (Å²) in [7, 11) is 0. The third kappa shape index (κ3) is 2.95. The van der Waals surface area contributed by atoms with Crippen molar-refractivity contribution in [2.45, 2.75) is 6.92 Å². The molecule has 0 radical (unpaired) electrons. The molecule has 0 aliphatic heterocycles. The Kier molecular flexibility index (Phi) is 3.71. The van der Waals surface area contributed by atoms with E-state index in [2.05, 4.69) is 20.9 Å². The highest BCUT2D eigenvalue weighted by molar-refractivity contribution is 9.10. The van der Waals surface area contributed by atoms with Gasteiger partial charge in [-0.15, -0.1) is 0 Å². The number of aromatic nitrogens is 1. The summed E-state index contributed by atoms with van der Waals surface area (Å²) in [5, 5.41) is 0. The van der Waals surface area contributed by atoms with E-state index in [4.69, 9.17) is 4.42 Å². The minimum absolute atomic E-state index is 0.346. The molecule has 0 N–H and O–H groups in total. The largest absolute Gasteiger partial charge is 0.404 e. The molecular weight excluding hydrogens is 330 g/mol. The number of aryl methyl sites for hydroxylation is 1. The molecule has 0 unspecified atom stereocenters. The van der Waals surface area contributed by atoms with E-state index in [0.717, 1.165) is 21.2 Å². The maximum absolute atomic E-state index is 11.8. The van der Waals surface area contributed by atoms with Gasteiger partial charge in [0.25, 0.3) is 0 Å². The van der Waals surface area contributed by atoms with Crippen LogP contribution in [0.4, 0.5) is 0 Å². The van der Waals surface area contributed by atoms with Crippen molar-refractivity contribution in [3.05, 3.63) is 75.1 Å². The first-order valence-electron chi connectivity index (χ1n) is 6.47. The summed E-state index contributed by atoms with van der Waals surface area (Å²) in [6.07, 6.45) is 0. The molecule has 21 heavy (non-hydrogen) atoms. The second-order valence-corrected chi connectivity index (χ2v) is 5.61. The molecule has 0 spiro atoms. The Morgan fingerprint density at radius 3 is 2.48 bits per heavy atom. The Morgan fingerprint density at radius 1 is 1.05 bits per heavy atom. The van der Waals surface area contributed by atoms with Crippen molar-refractivity contribution < 1.29 is 4.42 Å². The van der Waals surface area contributed by atoms with Gasteiger partial charge in [0, 0.05) is 15.6 Å². The lowest BCUT2D eigenvalue weighted by Gasteiger charge is -2.05. The fourth-order valence-electron chi connectivity index (χ4n) is 2.10. The van der Waals surface area contributed by atoms with E-state index in [0.29, 0.717) is 11.6 Å². The van der Waals surface area contributed by atoms with Gasteiger partial charge in [-0.1, -0.05) is 46.3 Å². The average Bonchev–Trinajstić information content (AvgIpc) is 2.48. The maximum Gasteiger partial charge on any atom is 0.339 e. The molecule has 3 rings (SSSR count). The van der Waals surface area contributed by atoms with Gasteiger partial charge in [0.15, 0.2) is 0 Å². The van der Waals surface area contributed by atoms with Crippen LogP contribution in [0.2, 0.25) is 0 Å². The van der Waals surface area contributed by atoms with E-state index in [9.17, 15) is 4.79 Å². The topological polar surface area (TPSA) is 43.1 Å². The third-order valence-electron chi connectivity index (χ3n) is 3.19. The fourth-order valence-corrected chi connectivity index (χ4v) is 2.36. The number of halogens is 1. The lowest BCUT2D eigenvalue weighted by atomic mass is 10.1. The zero-order chi connectivity index (χ0) is 14.8. The zero-order valence-electron chi connectivity index (χ0n) is 11.3. The Morgan fingerprint density at radius 2 is 1.76 bits per heavy atom. The van der Waals surface area contributed by atoms with Gasteiger partial charge in [-0.25, -0.2) is 9.78 Å². The molecule has 3 aromatic rings. The summed E-state index contributed by atoms with van der Waals surface area (Å²) >= 11 is 3.39. The Bertz CT molecular complexity index is 838. The predicted octanol–water partition coefficient (Wildman–Crippen LogP) is 4.44. The van der Waals surface area contributed by atoms with Crippen molar-refractivity contribution in [1.82, 2.24) is 4.98 Å². The van der Waals surface area contributed by atoms with Crippen LogP contribution in [-0.4, -0.2) is 4.98 Å². The van der Waals surface area contributed by atoms with Crippen molar-refractivity contribution in [1.29, 1.82) is 0 Å². The molecule has 0 amide bonds. The van der Waals surface area contributed by atoms with E-state index in [-0.39, 0.29) is 0 Å². The normalized spacial score (nSPS) is 10.6. The monoisotopic (exact) mass is 341 g/mol. The number of nitrogens with zero attached hydrogens (tertiary/aromatic N) is 1. The van der Waals surface area contributed by atoms with Crippen LogP contribution in [0.3, 0.4) is 0 Å². The predicted molar refractivity (Wildman–Crippen MR) is 86.1 cm³/mol. The second kappa shape index (κ2) is 5.66. The van der Waals surface area contributed by atoms with Crippen LogP contribution in [0.25, 0.3) is 22.7 Å². The Labute approximate surface area is 130 Å². The number of benzene rings is 2. The SMILES string of the molecule is Cc1ccccc1-c1nc(-c2ccc(Br)cc2)cc(=O)o1. The molecule has 1 aromatic heterocycles. The van der Waals surface area contributed by atoms with Crippen LogP contribution < -0.4 is 5.63 Å². The first-order chi connectivity index (χ1) is 10.1. The molecule has 0 atom stereocenters. The van der Waals surface area contributed by atoms with E-state index in [1.54, 1.807) is 0 Å². The average molecular weight is 342 g/mol. The van der Waals surface area contributed by atoms with Gasteiger partial charge in [0.1, 0.15) is 0 Å². The highest BCUT2D eigenvalue weighted by Gasteiger charge is 2.10. The van der Waals surface area contributed by atoms with Gasteiger partial charge in [-0.3, -0.25) is 0 Å². The standard InChI is InChI=1S/C17H12BrNO2/c1-11-4-2-3-5-14(11)17-19-15(10-16(20)21-17)12-6-8-13(18)9-7-12/h2-10H,1H3. The summed E-state index contributed by atoms with van der Waals surface area (Å²) in [6.45, 7) is 1.96. The molecule has 0 saturated heterocycles. The Hall–Kier alpha value is -2.20. The van der Waals surface area contributed by atoms with Crippen LogP contribution in [0, 0.1) is 6.92 Å². The summed E-state index contributed by atoms with van der Waals surface area (Å²) in [4.78, 5) is 16.3. The molecule has 0 aliphatic rings. The minimum Gasteiger partial charge on any atom is -0.404 e. The highest BCUT2D eigenvalue weighted by Crippen LogP contribution is 2.24. The van der Waals surface area contributed by atoms with Gasteiger partial charge < -0.3 is 4.42 Å². The summed E-state index contributed by atoms with van der Waals surface area (Å²) in [5.74, 6) is 0.346. The molecule has 0 saturated carbocycles. The van der Waals surface area contributed by atoms with Gasteiger partial charge >= 0.3 is 5.63 Å². The number of hydrogen-bond acceptors (Lipinski definition) is 3. The van der Waals surface area contributed by atoms with Crippen molar-refractivity contribution in [3.63, 3.8) is 0 Å². The molecular formula is C17H12BrNO2. The Balaban J connectivity index is 2.15. The lowest BCUT2D eigenvalue weighted by molar-refractivity contribution is 0.508. The van der Waals surface area contributed by atoms with E-state index >= 15 is 0 Å². The van der Waals surface area contributed by atoms with Crippen LogP contribution in [-0.2, 0) is 0 Å². The quantitative estimate of drug-likeness (QED) is 0.692.